The van der Waals surface area contributed by atoms with Crippen LogP contribution in [0.3, 0.4) is 0 Å². The molecule has 2 fully saturated rings. The van der Waals surface area contributed by atoms with E-state index in [4.69, 9.17) is 0 Å². The van der Waals surface area contributed by atoms with Gasteiger partial charge in [-0.05, 0) is 19.9 Å². The Balaban J connectivity index is 2.16. The number of fused-ring (bicyclic) bond motifs is 2. The molecule has 0 N–H and O–H groups in total. The summed E-state index contributed by atoms with van der Waals surface area (Å²) in [4.78, 5) is 2.47. The standard InChI is InChI=1S/C8H15NS/c1-9-5-7-3-4-8(6-9)10(7)2/h7-8H,2-6H2,1H3. The molecule has 0 aromatic carbocycles. The second kappa shape index (κ2) is 2.35. The molecule has 2 saturated heterocycles. The fourth-order valence-electron chi connectivity index (χ4n) is 2.09. The molecule has 0 radical (unpaired) electrons. The summed E-state index contributed by atoms with van der Waals surface area (Å²) >= 11 is 0. The molecule has 10 heavy (non-hydrogen) atoms. The predicted octanol–water partition coefficient (Wildman–Crippen LogP) is 1.16. The van der Waals surface area contributed by atoms with Gasteiger partial charge >= 0.3 is 0 Å². The second-order valence-corrected chi connectivity index (χ2v) is 5.78. The van der Waals surface area contributed by atoms with Gasteiger partial charge in [-0.2, -0.15) is 10.5 Å². The van der Waals surface area contributed by atoms with Gasteiger partial charge in [0.05, 0.1) is 0 Å². The summed E-state index contributed by atoms with van der Waals surface area (Å²) in [6, 6.07) is 0. The Hall–Kier alpha value is 0.180. The van der Waals surface area contributed by atoms with Gasteiger partial charge in [0.25, 0.3) is 0 Å². The second-order valence-electron chi connectivity index (χ2n) is 3.51. The quantitative estimate of drug-likeness (QED) is 0.477. The number of rotatable bonds is 0. The topological polar surface area (TPSA) is 3.24 Å². The number of hydrogen-bond donors (Lipinski definition) is 0. The molecule has 0 spiro atoms. The predicted molar refractivity (Wildman–Crippen MR) is 49.0 cm³/mol. The zero-order chi connectivity index (χ0) is 7.14. The van der Waals surface area contributed by atoms with Crippen molar-refractivity contribution in [2.75, 3.05) is 20.1 Å². The smallest absolute Gasteiger partial charge is 0.0123 e. The molecule has 0 saturated carbocycles. The van der Waals surface area contributed by atoms with Crippen LogP contribution in [0.2, 0.25) is 0 Å². The van der Waals surface area contributed by atoms with Gasteiger partial charge < -0.3 is 4.90 Å². The van der Waals surface area contributed by atoms with E-state index < -0.39 is 0 Å². The maximum Gasteiger partial charge on any atom is 0.0123 e. The Morgan fingerprint density at radius 1 is 1.30 bits per heavy atom. The van der Waals surface area contributed by atoms with Crippen molar-refractivity contribution in [3.05, 3.63) is 0 Å². The molecule has 1 nitrogen and oxygen atoms in total. The van der Waals surface area contributed by atoms with Crippen LogP contribution in [-0.4, -0.2) is 41.4 Å². The third kappa shape index (κ3) is 0.940. The fraction of sp³-hybridized carbons (Fsp3) is 0.875. The van der Waals surface area contributed by atoms with Gasteiger partial charge in [0.15, 0.2) is 0 Å². The minimum atomic E-state index is 0.519. The van der Waals surface area contributed by atoms with Crippen LogP contribution in [0.15, 0.2) is 0 Å². The van der Waals surface area contributed by atoms with Crippen LogP contribution in [-0.2, 0) is 0 Å². The molecule has 2 heterocycles. The zero-order valence-corrected chi connectivity index (χ0v) is 7.36. The van der Waals surface area contributed by atoms with E-state index >= 15 is 0 Å². The summed E-state index contributed by atoms with van der Waals surface area (Å²) in [6.45, 7) is 2.62. The highest BCUT2D eigenvalue weighted by Gasteiger charge is 2.33. The molecule has 0 aliphatic carbocycles. The molecule has 0 aromatic heterocycles. The van der Waals surface area contributed by atoms with Crippen LogP contribution in [0.5, 0.6) is 0 Å². The van der Waals surface area contributed by atoms with E-state index in [0.29, 0.717) is 10.5 Å². The van der Waals surface area contributed by atoms with E-state index in [0.717, 1.165) is 10.5 Å². The minimum Gasteiger partial charge on any atom is -0.304 e. The van der Waals surface area contributed by atoms with Crippen molar-refractivity contribution in [2.45, 2.75) is 23.3 Å². The lowest BCUT2D eigenvalue weighted by Gasteiger charge is -2.31. The van der Waals surface area contributed by atoms with E-state index in [1.165, 1.54) is 25.9 Å². The highest BCUT2D eigenvalue weighted by atomic mass is 32.2. The molecule has 2 aliphatic rings. The molecular weight excluding hydrogens is 142 g/mol. The van der Waals surface area contributed by atoms with E-state index in [1.54, 1.807) is 0 Å². The van der Waals surface area contributed by atoms with Gasteiger partial charge in [0.1, 0.15) is 0 Å². The van der Waals surface area contributed by atoms with Gasteiger partial charge in [-0.25, -0.2) is 0 Å². The molecule has 2 unspecified atom stereocenters. The molecule has 2 heteroatoms. The Morgan fingerprint density at radius 3 is 2.30 bits per heavy atom. The van der Waals surface area contributed by atoms with E-state index in [-0.39, 0.29) is 0 Å². The molecular formula is C8H15NS. The van der Waals surface area contributed by atoms with Gasteiger partial charge in [-0.3, -0.25) is 0 Å². The zero-order valence-electron chi connectivity index (χ0n) is 6.55. The van der Waals surface area contributed by atoms with E-state index in [9.17, 15) is 0 Å². The van der Waals surface area contributed by atoms with Crippen LogP contribution in [0.4, 0.5) is 0 Å². The average molecular weight is 157 g/mol. The van der Waals surface area contributed by atoms with Gasteiger partial charge in [-0.15, -0.1) is 0 Å². The molecule has 58 valence electrons. The van der Waals surface area contributed by atoms with Crippen molar-refractivity contribution < 1.29 is 0 Å². The van der Waals surface area contributed by atoms with Crippen LogP contribution >= 0.6 is 10.5 Å². The van der Waals surface area contributed by atoms with Crippen molar-refractivity contribution in [3.63, 3.8) is 0 Å². The van der Waals surface area contributed by atoms with Crippen LogP contribution in [0.25, 0.3) is 0 Å². The normalized spacial score (nSPS) is 47.9. The van der Waals surface area contributed by atoms with Gasteiger partial charge in [0, 0.05) is 23.6 Å². The number of likely N-dealkylation sites (tertiary alicyclic amines) is 1. The lowest BCUT2D eigenvalue weighted by Crippen LogP contribution is -2.35. The summed E-state index contributed by atoms with van der Waals surface area (Å²) in [5.74, 6) is 4.26. The number of hydrogen-bond acceptors (Lipinski definition) is 1. The molecule has 2 rings (SSSR count). The maximum atomic E-state index is 4.26. The third-order valence-electron chi connectivity index (χ3n) is 2.70. The van der Waals surface area contributed by atoms with Crippen LogP contribution < -0.4 is 0 Å². The highest BCUT2D eigenvalue weighted by molar-refractivity contribution is 8.15. The van der Waals surface area contributed by atoms with Crippen molar-refractivity contribution in [3.8, 4) is 0 Å². The molecule has 0 amide bonds. The largest absolute Gasteiger partial charge is 0.304 e. The lowest BCUT2D eigenvalue weighted by atomic mass is 10.2. The molecule has 2 bridgehead atoms. The Bertz CT molecular complexity index is 151. The summed E-state index contributed by atoms with van der Waals surface area (Å²) in [6.07, 6.45) is 2.89. The molecule has 2 atom stereocenters. The van der Waals surface area contributed by atoms with Gasteiger partial charge in [0.2, 0.25) is 0 Å². The Labute approximate surface area is 65.3 Å². The summed E-state index contributed by atoms with van der Waals surface area (Å²) in [5, 5.41) is 1.90. The van der Waals surface area contributed by atoms with E-state index in [2.05, 4.69) is 17.8 Å². The van der Waals surface area contributed by atoms with Crippen LogP contribution in [0.1, 0.15) is 12.8 Å². The monoisotopic (exact) mass is 157 g/mol. The lowest BCUT2D eigenvalue weighted by molar-refractivity contribution is 0.344. The van der Waals surface area contributed by atoms with Crippen molar-refractivity contribution in [1.82, 2.24) is 4.90 Å². The summed E-state index contributed by atoms with van der Waals surface area (Å²) in [7, 11) is 2.76. The highest BCUT2D eigenvalue weighted by Crippen LogP contribution is 2.42. The van der Waals surface area contributed by atoms with Crippen LogP contribution in [0, 0.1) is 0 Å². The van der Waals surface area contributed by atoms with Crippen molar-refractivity contribution in [2.24, 2.45) is 0 Å². The Morgan fingerprint density at radius 2 is 1.80 bits per heavy atom. The first-order valence-electron chi connectivity index (χ1n) is 3.97. The first-order valence-corrected chi connectivity index (χ1v) is 5.49. The molecule has 2 aliphatic heterocycles. The summed E-state index contributed by atoms with van der Waals surface area (Å²) in [5.41, 5.74) is 0. The third-order valence-corrected chi connectivity index (χ3v) is 5.18. The fourth-order valence-corrected chi connectivity index (χ4v) is 4.40. The van der Waals surface area contributed by atoms with E-state index in [1.807, 2.05) is 0 Å². The minimum absolute atomic E-state index is 0.519. The summed E-state index contributed by atoms with van der Waals surface area (Å²) < 4.78 is 0. The number of nitrogens with zero attached hydrogens (tertiary/aromatic N) is 1. The maximum absolute atomic E-state index is 4.26. The SMILES string of the molecule is C=S1C2CCC1CN(C)C2. The molecule has 0 aromatic rings. The Kier molecular flexibility index (Phi) is 1.61. The van der Waals surface area contributed by atoms with Crippen molar-refractivity contribution in [1.29, 1.82) is 0 Å². The first-order chi connectivity index (χ1) is 4.77. The van der Waals surface area contributed by atoms with Gasteiger partial charge in [-0.1, -0.05) is 5.87 Å². The van der Waals surface area contributed by atoms with Crippen molar-refractivity contribution >= 4 is 16.4 Å². The average Bonchev–Trinajstić information content (AvgIpc) is 2.20. The first kappa shape index (κ1) is 6.86.